The van der Waals surface area contributed by atoms with Gasteiger partial charge < -0.3 is 14.3 Å². The summed E-state index contributed by atoms with van der Waals surface area (Å²) in [6.07, 6.45) is 3.21. The highest BCUT2D eigenvalue weighted by Crippen LogP contribution is 2.28. The Bertz CT molecular complexity index is 1090. The molecule has 4 rings (SSSR count). The van der Waals surface area contributed by atoms with E-state index < -0.39 is 0 Å². The molecule has 0 fully saturated rings. The lowest BCUT2D eigenvalue weighted by atomic mass is 10.2. The highest BCUT2D eigenvalue weighted by molar-refractivity contribution is 7.99. The summed E-state index contributed by atoms with van der Waals surface area (Å²) < 4.78 is 7.30. The SMILES string of the molecule is Cn1cnnc1Sc1ccc(NC(=O)c2occc2CSc2ccccc2)cc1. The second-order valence-corrected chi connectivity index (χ2v) is 8.27. The number of nitrogens with one attached hydrogen (secondary N) is 1. The van der Waals surface area contributed by atoms with Gasteiger partial charge in [-0.25, -0.2) is 0 Å². The summed E-state index contributed by atoms with van der Waals surface area (Å²) in [5.74, 6) is 0.745. The minimum Gasteiger partial charge on any atom is -0.459 e. The lowest BCUT2D eigenvalue weighted by Gasteiger charge is -2.07. The van der Waals surface area contributed by atoms with Crippen molar-refractivity contribution in [1.82, 2.24) is 14.8 Å². The van der Waals surface area contributed by atoms with E-state index in [2.05, 4.69) is 15.5 Å². The number of thioether (sulfide) groups is 1. The molecule has 2 heterocycles. The normalized spacial score (nSPS) is 10.8. The molecule has 2 aromatic carbocycles. The number of hydrogen-bond acceptors (Lipinski definition) is 6. The number of carbonyl (C=O) groups is 1. The number of benzene rings is 2. The van der Waals surface area contributed by atoms with Crippen molar-refractivity contribution in [3.63, 3.8) is 0 Å². The van der Waals surface area contributed by atoms with Gasteiger partial charge in [0.25, 0.3) is 5.91 Å². The van der Waals surface area contributed by atoms with Crippen LogP contribution in [0.1, 0.15) is 16.1 Å². The minimum atomic E-state index is -0.257. The first-order chi connectivity index (χ1) is 14.2. The maximum Gasteiger partial charge on any atom is 0.291 e. The van der Waals surface area contributed by atoms with Gasteiger partial charge in [0.15, 0.2) is 10.9 Å². The van der Waals surface area contributed by atoms with Crippen molar-refractivity contribution >= 4 is 35.1 Å². The molecule has 0 saturated heterocycles. The number of nitrogens with zero attached hydrogens (tertiary/aromatic N) is 3. The molecule has 4 aromatic rings. The van der Waals surface area contributed by atoms with E-state index in [1.165, 1.54) is 11.8 Å². The Hall–Kier alpha value is -2.97. The number of furan rings is 1. The van der Waals surface area contributed by atoms with Gasteiger partial charge in [-0.3, -0.25) is 4.79 Å². The van der Waals surface area contributed by atoms with E-state index in [0.717, 1.165) is 20.5 Å². The summed E-state index contributed by atoms with van der Waals surface area (Å²) in [5.41, 5.74) is 1.57. The van der Waals surface area contributed by atoms with Gasteiger partial charge in [-0.05, 0) is 54.2 Å². The van der Waals surface area contributed by atoms with Crippen molar-refractivity contribution in [2.45, 2.75) is 20.7 Å². The summed E-state index contributed by atoms with van der Waals surface area (Å²) in [4.78, 5) is 14.8. The van der Waals surface area contributed by atoms with E-state index in [1.54, 1.807) is 24.4 Å². The van der Waals surface area contributed by atoms with Crippen LogP contribution in [0, 0.1) is 0 Å². The van der Waals surface area contributed by atoms with Gasteiger partial charge in [-0.1, -0.05) is 18.2 Å². The first-order valence-corrected chi connectivity index (χ1v) is 10.7. The Kier molecular flexibility index (Phi) is 6.02. The molecule has 1 amide bonds. The van der Waals surface area contributed by atoms with E-state index in [9.17, 15) is 4.79 Å². The fraction of sp³-hybridized carbons (Fsp3) is 0.0952. The standard InChI is InChI=1S/C21H18N4O2S2/c1-25-14-22-24-21(25)29-18-9-7-16(8-10-18)23-20(26)19-15(11-12-27-19)13-28-17-5-3-2-4-6-17/h2-12,14H,13H2,1H3,(H,23,26). The average molecular weight is 423 g/mol. The summed E-state index contributed by atoms with van der Waals surface area (Å²) >= 11 is 3.17. The van der Waals surface area contributed by atoms with Crippen molar-refractivity contribution in [1.29, 1.82) is 0 Å². The van der Waals surface area contributed by atoms with Gasteiger partial charge in [0.1, 0.15) is 6.33 Å². The number of hydrogen-bond donors (Lipinski definition) is 1. The molecule has 1 N–H and O–H groups in total. The summed E-state index contributed by atoms with van der Waals surface area (Å²) in [7, 11) is 1.90. The second-order valence-electron chi connectivity index (χ2n) is 6.18. The van der Waals surface area contributed by atoms with Gasteiger partial charge in [0.05, 0.1) is 6.26 Å². The molecule has 0 spiro atoms. The molecule has 0 aliphatic rings. The molecule has 0 aliphatic carbocycles. The molecule has 0 radical (unpaired) electrons. The Morgan fingerprint density at radius 1 is 1.07 bits per heavy atom. The van der Waals surface area contributed by atoms with Crippen LogP contribution in [0.25, 0.3) is 0 Å². The predicted molar refractivity (Wildman–Crippen MR) is 114 cm³/mol. The molecule has 29 heavy (non-hydrogen) atoms. The molecule has 0 atom stereocenters. The Balaban J connectivity index is 1.38. The molecular weight excluding hydrogens is 404 g/mol. The van der Waals surface area contributed by atoms with E-state index in [1.807, 2.05) is 72.3 Å². The zero-order valence-corrected chi connectivity index (χ0v) is 17.2. The average Bonchev–Trinajstić information content (AvgIpc) is 3.38. The van der Waals surface area contributed by atoms with Gasteiger partial charge in [-0.15, -0.1) is 22.0 Å². The number of amides is 1. The maximum absolute atomic E-state index is 12.7. The Morgan fingerprint density at radius 3 is 2.59 bits per heavy atom. The molecule has 0 unspecified atom stereocenters. The lowest BCUT2D eigenvalue weighted by molar-refractivity contribution is 0.0996. The van der Waals surface area contributed by atoms with Crippen LogP contribution in [0.5, 0.6) is 0 Å². The summed E-state index contributed by atoms with van der Waals surface area (Å²) in [5, 5.41) is 11.6. The first-order valence-electron chi connectivity index (χ1n) is 8.86. The quantitative estimate of drug-likeness (QED) is 0.418. The summed E-state index contributed by atoms with van der Waals surface area (Å²) in [6, 6.07) is 19.5. The number of carbonyl (C=O) groups excluding carboxylic acids is 1. The smallest absolute Gasteiger partial charge is 0.291 e. The largest absolute Gasteiger partial charge is 0.459 e. The van der Waals surface area contributed by atoms with Crippen LogP contribution in [-0.2, 0) is 12.8 Å². The zero-order chi connectivity index (χ0) is 20.1. The van der Waals surface area contributed by atoms with Gasteiger partial charge >= 0.3 is 0 Å². The van der Waals surface area contributed by atoms with Crippen LogP contribution in [0.3, 0.4) is 0 Å². The lowest BCUT2D eigenvalue weighted by Crippen LogP contribution is -2.12. The number of anilines is 1. The molecule has 6 nitrogen and oxygen atoms in total. The molecular formula is C21H18N4O2S2. The van der Waals surface area contributed by atoms with E-state index in [0.29, 0.717) is 17.2 Å². The first kappa shape index (κ1) is 19.4. The topological polar surface area (TPSA) is 73.0 Å². The van der Waals surface area contributed by atoms with E-state index in [-0.39, 0.29) is 5.91 Å². The molecule has 0 saturated carbocycles. The van der Waals surface area contributed by atoms with E-state index >= 15 is 0 Å². The molecule has 2 aromatic heterocycles. The maximum atomic E-state index is 12.7. The van der Waals surface area contributed by atoms with Gasteiger partial charge in [0.2, 0.25) is 0 Å². The highest BCUT2D eigenvalue weighted by Gasteiger charge is 2.16. The fourth-order valence-corrected chi connectivity index (χ4v) is 4.25. The van der Waals surface area contributed by atoms with Crippen LogP contribution in [0.4, 0.5) is 5.69 Å². The third kappa shape index (κ3) is 4.90. The van der Waals surface area contributed by atoms with E-state index in [4.69, 9.17) is 4.42 Å². The minimum absolute atomic E-state index is 0.257. The number of aryl methyl sites for hydroxylation is 1. The van der Waals surface area contributed by atoms with Crippen molar-refractivity contribution in [3.8, 4) is 0 Å². The van der Waals surface area contributed by atoms with Crippen LogP contribution in [-0.4, -0.2) is 20.7 Å². The Labute approximate surface area is 176 Å². The second kappa shape index (κ2) is 9.02. The van der Waals surface area contributed by atoms with Crippen molar-refractivity contribution in [2.75, 3.05) is 5.32 Å². The highest BCUT2D eigenvalue weighted by atomic mass is 32.2. The van der Waals surface area contributed by atoms with Crippen molar-refractivity contribution in [3.05, 3.63) is 84.6 Å². The van der Waals surface area contributed by atoms with Crippen LogP contribution >= 0.6 is 23.5 Å². The number of rotatable bonds is 7. The third-order valence-corrected chi connectivity index (χ3v) is 6.20. The molecule has 0 aliphatic heterocycles. The van der Waals surface area contributed by atoms with Crippen LogP contribution < -0.4 is 5.32 Å². The fourth-order valence-electron chi connectivity index (χ4n) is 2.59. The van der Waals surface area contributed by atoms with Crippen molar-refractivity contribution in [2.24, 2.45) is 7.05 Å². The van der Waals surface area contributed by atoms with Crippen LogP contribution in [0.15, 0.2) is 92.6 Å². The van der Waals surface area contributed by atoms with Crippen molar-refractivity contribution < 1.29 is 9.21 Å². The third-order valence-electron chi connectivity index (χ3n) is 4.08. The zero-order valence-electron chi connectivity index (χ0n) is 15.6. The molecule has 8 heteroatoms. The van der Waals surface area contributed by atoms with Gasteiger partial charge in [-0.2, -0.15) is 0 Å². The number of aromatic nitrogens is 3. The van der Waals surface area contributed by atoms with Gasteiger partial charge in [0, 0.05) is 33.8 Å². The van der Waals surface area contributed by atoms with Crippen LogP contribution in [0.2, 0.25) is 0 Å². The predicted octanol–water partition coefficient (Wildman–Crippen LogP) is 5.10. The molecule has 0 bridgehead atoms. The molecule has 146 valence electrons. The Morgan fingerprint density at radius 2 is 1.86 bits per heavy atom. The monoisotopic (exact) mass is 422 g/mol. The summed E-state index contributed by atoms with van der Waals surface area (Å²) in [6.45, 7) is 0.